The highest BCUT2D eigenvalue weighted by Crippen LogP contribution is 2.07. The highest BCUT2D eigenvalue weighted by molar-refractivity contribution is 6.17. The van der Waals surface area contributed by atoms with Gasteiger partial charge in [-0.2, -0.15) is 0 Å². The Morgan fingerprint density at radius 3 is 2.46 bits per heavy atom. The first kappa shape index (κ1) is 11.4. The number of hydrogen-bond donors (Lipinski definition) is 2. The minimum atomic E-state index is -1.19. The minimum absolute atomic E-state index is 0.0620. The van der Waals surface area contributed by atoms with Crippen molar-refractivity contribution in [1.82, 2.24) is 0 Å². The number of carbonyl (C=O) groups is 1. The van der Waals surface area contributed by atoms with E-state index in [0.29, 0.717) is 0 Å². The van der Waals surface area contributed by atoms with Crippen molar-refractivity contribution < 1.29 is 14.6 Å². The van der Waals surface area contributed by atoms with Crippen LogP contribution in [0.4, 0.5) is 0 Å². The Labute approximate surface area is 76.3 Å². The van der Waals surface area contributed by atoms with Gasteiger partial charge >= 0.3 is 5.97 Å². The lowest BCUT2D eigenvalue weighted by molar-refractivity contribution is -0.132. The first-order valence-electron chi connectivity index (χ1n) is 3.53. The maximum Gasteiger partial charge on any atom is 0.341 e. The molecule has 0 aromatic carbocycles. The Morgan fingerprint density at radius 2 is 2.23 bits per heavy atom. The molecule has 2 N–H and O–H groups in total. The van der Waals surface area contributed by atoms with Gasteiger partial charge in [0.1, 0.15) is 11.3 Å². The average molecular weight is 184 g/mol. The maximum atomic E-state index is 10.7. The van der Waals surface area contributed by atoms with Crippen LogP contribution in [0.5, 0.6) is 0 Å². The number of methoxy groups -OCH3 is 1. The van der Waals surface area contributed by atoms with Crippen molar-refractivity contribution >= 4 is 18.4 Å². The molecule has 0 atom stereocenters. The molecule has 0 aromatic rings. The van der Waals surface area contributed by atoms with E-state index in [1.165, 1.54) is 14.0 Å². The molecule has 0 aliphatic heterocycles. The maximum absolute atomic E-state index is 10.7. The molecule has 5 nitrogen and oxygen atoms in total. The molecular weight excluding hydrogens is 172 g/mol. The van der Waals surface area contributed by atoms with E-state index in [2.05, 4.69) is 11.7 Å². The van der Waals surface area contributed by atoms with E-state index in [1.54, 1.807) is 0 Å². The summed E-state index contributed by atoms with van der Waals surface area (Å²) in [5.41, 5.74) is -0.220. The molecular formula is C8H12N2O3. The topological polar surface area (TPSA) is 82.7 Å². The smallest absolute Gasteiger partial charge is 0.341 e. The number of rotatable bonds is 5. The van der Waals surface area contributed by atoms with E-state index in [0.717, 1.165) is 0 Å². The van der Waals surface area contributed by atoms with Gasteiger partial charge in [0.05, 0.1) is 13.7 Å². The van der Waals surface area contributed by atoms with Crippen LogP contribution in [0.25, 0.3) is 0 Å². The summed E-state index contributed by atoms with van der Waals surface area (Å²) in [6.45, 7) is 4.67. The number of aliphatic carboxylic acids is 1. The van der Waals surface area contributed by atoms with Gasteiger partial charge in [-0.1, -0.05) is 0 Å². The lowest BCUT2D eigenvalue weighted by atomic mass is 10.1. The first-order valence-corrected chi connectivity index (χ1v) is 3.53. The van der Waals surface area contributed by atoms with E-state index >= 15 is 0 Å². The Hall–Kier alpha value is -1.65. The summed E-state index contributed by atoms with van der Waals surface area (Å²) < 4.78 is 4.80. The zero-order valence-corrected chi connectivity index (χ0v) is 7.63. The summed E-state index contributed by atoms with van der Waals surface area (Å²) >= 11 is 0. The lowest BCUT2D eigenvalue weighted by Crippen LogP contribution is -2.14. The molecule has 0 amide bonds. The van der Waals surface area contributed by atoms with Crippen molar-refractivity contribution in [3.05, 3.63) is 11.3 Å². The molecule has 0 aliphatic carbocycles. The molecule has 72 valence electrons. The fraction of sp³-hybridized carbons (Fsp3) is 0.375. The third-order valence-electron chi connectivity index (χ3n) is 1.37. The van der Waals surface area contributed by atoms with Gasteiger partial charge in [0.15, 0.2) is 0 Å². The first-order chi connectivity index (χ1) is 6.04. The minimum Gasteiger partial charge on any atom is -0.498 e. The molecule has 0 aliphatic rings. The van der Waals surface area contributed by atoms with Crippen LogP contribution in [0.1, 0.15) is 6.92 Å². The Balaban J connectivity index is 5.11. The van der Waals surface area contributed by atoms with Crippen molar-refractivity contribution in [2.45, 2.75) is 6.92 Å². The number of hydrogen-bond acceptors (Lipinski definition) is 4. The van der Waals surface area contributed by atoms with Crippen LogP contribution >= 0.6 is 0 Å². The summed E-state index contributed by atoms with van der Waals surface area (Å²) in [6.07, 6.45) is 0. The number of aliphatic imine (C=N–C) groups is 1. The monoisotopic (exact) mass is 184 g/mol. The van der Waals surface area contributed by atoms with Crippen LogP contribution in [0, 0.1) is 5.41 Å². The molecule has 5 heteroatoms. The molecule has 0 saturated heterocycles. The average Bonchev–Trinajstić information content (AvgIpc) is 2.02. The summed E-state index contributed by atoms with van der Waals surface area (Å²) in [6, 6.07) is 0. The summed E-state index contributed by atoms with van der Waals surface area (Å²) in [7, 11) is 1.34. The largest absolute Gasteiger partial charge is 0.498 e. The van der Waals surface area contributed by atoms with Crippen molar-refractivity contribution in [2.75, 3.05) is 13.7 Å². The Morgan fingerprint density at radius 1 is 1.69 bits per heavy atom. The van der Waals surface area contributed by atoms with Gasteiger partial charge < -0.3 is 15.3 Å². The van der Waals surface area contributed by atoms with E-state index < -0.39 is 5.97 Å². The van der Waals surface area contributed by atoms with Gasteiger partial charge in [-0.25, -0.2) is 4.79 Å². The second kappa shape index (κ2) is 5.08. The molecule has 0 saturated carbocycles. The number of ether oxygens (including phenoxy) is 1. The quantitative estimate of drug-likeness (QED) is 0.375. The SMILES string of the molecule is C=NC/C(OC)=C(\C(C)=N)C(=O)O. The lowest BCUT2D eigenvalue weighted by Gasteiger charge is -2.07. The van der Waals surface area contributed by atoms with Crippen molar-refractivity contribution in [3.63, 3.8) is 0 Å². The molecule has 0 spiro atoms. The second-order valence-corrected chi connectivity index (χ2v) is 2.31. The van der Waals surface area contributed by atoms with E-state index in [-0.39, 0.29) is 23.6 Å². The number of carboxylic acids is 1. The van der Waals surface area contributed by atoms with Crippen molar-refractivity contribution in [2.24, 2.45) is 4.99 Å². The molecule has 0 aromatic heterocycles. The fourth-order valence-electron chi connectivity index (χ4n) is 0.836. The summed E-state index contributed by atoms with van der Waals surface area (Å²) in [5, 5.41) is 15.9. The van der Waals surface area contributed by atoms with E-state index in [4.69, 9.17) is 15.3 Å². The summed E-state index contributed by atoms with van der Waals surface area (Å²) in [5.74, 6) is -1.04. The van der Waals surface area contributed by atoms with Crippen LogP contribution in [0.2, 0.25) is 0 Å². The number of nitrogens with one attached hydrogen (secondary N) is 1. The number of nitrogens with zero attached hydrogens (tertiary/aromatic N) is 1. The molecule has 0 fully saturated rings. The highest BCUT2D eigenvalue weighted by atomic mass is 16.5. The summed E-state index contributed by atoms with van der Waals surface area (Å²) in [4.78, 5) is 14.2. The van der Waals surface area contributed by atoms with Crippen molar-refractivity contribution in [3.8, 4) is 0 Å². The predicted octanol–water partition coefficient (Wildman–Crippen LogP) is 0.712. The van der Waals surface area contributed by atoms with Crippen LogP contribution < -0.4 is 0 Å². The predicted molar refractivity (Wildman–Crippen MR) is 49.5 cm³/mol. The molecule has 0 rings (SSSR count). The highest BCUT2D eigenvalue weighted by Gasteiger charge is 2.16. The molecule has 0 unspecified atom stereocenters. The van der Waals surface area contributed by atoms with Gasteiger partial charge in [-0.15, -0.1) is 0 Å². The zero-order valence-electron chi connectivity index (χ0n) is 7.63. The van der Waals surface area contributed by atoms with E-state index in [1.807, 2.05) is 0 Å². The van der Waals surface area contributed by atoms with Gasteiger partial charge in [-0.05, 0) is 13.6 Å². The zero-order chi connectivity index (χ0) is 10.4. The standard InChI is InChI=1S/C8H12N2O3/c1-5(9)7(8(11)12)6(13-3)4-10-2/h9H,2,4H2,1,3H3,(H,11,12)/b7-6-,9-5?. The molecule has 0 bridgehead atoms. The van der Waals surface area contributed by atoms with Crippen LogP contribution in [0.3, 0.4) is 0 Å². The molecule has 13 heavy (non-hydrogen) atoms. The third kappa shape index (κ3) is 3.06. The molecule has 0 heterocycles. The van der Waals surface area contributed by atoms with Crippen LogP contribution in [-0.2, 0) is 9.53 Å². The van der Waals surface area contributed by atoms with Gasteiger partial charge in [-0.3, -0.25) is 4.99 Å². The van der Waals surface area contributed by atoms with Gasteiger partial charge in [0.2, 0.25) is 0 Å². The second-order valence-electron chi connectivity index (χ2n) is 2.31. The van der Waals surface area contributed by atoms with Gasteiger partial charge in [0.25, 0.3) is 0 Å². The fourth-order valence-corrected chi connectivity index (χ4v) is 0.836. The normalized spacial score (nSPS) is 11.5. The Bertz CT molecular complexity index is 253. The third-order valence-corrected chi connectivity index (χ3v) is 1.37. The van der Waals surface area contributed by atoms with Crippen LogP contribution in [0.15, 0.2) is 16.3 Å². The van der Waals surface area contributed by atoms with E-state index in [9.17, 15) is 4.79 Å². The van der Waals surface area contributed by atoms with Gasteiger partial charge in [0, 0.05) is 5.71 Å². The number of carboxylic acid groups (broad SMARTS) is 1. The molecule has 0 radical (unpaired) electrons. The van der Waals surface area contributed by atoms with Crippen LogP contribution in [-0.4, -0.2) is 37.2 Å². The Kier molecular flexibility index (Phi) is 4.43. The van der Waals surface area contributed by atoms with Crippen molar-refractivity contribution in [1.29, 1.82) is 5.41 Å².